The van der Waals surface area contributed by atoms with Gasteiger partial charge in [-0.15, -0.1) is 24.8 Å². The molecule has 0 aliphatic rings. The summed E-state index contributed by atoms with van der Waals surface area (Å²) >= 11 is 0. The molecule has 2 atom stereocenters. The molecule has 158 valence electrons. The van der Waals surface area contributed by atoms with Gasteiger partial charge in [0.2, 0.25) is 5.91 Å². The highest BCUT2D eigenvalue weighted by Gasteiger charge is 2.20. The third kappa shape index (κ3) is 5.07. The van der Waals surface area contributed by atoms with Gasteiger partial charge in [0.05, 0.1) is 17.1 Å². The number of nitrogens with zero attached hydrogens (tertiary/aromatic N) is 2. The second-order valence-electron chi connectivity index (χ2n) is 7.06. The number of rotatable bonds is 5. The molecule has 3 rings (SSSR count). The van der Waals surface area contributed by atoms with E-state index in [0.717, 1.165) is 23.1 Å². The summed E-state index contributed by atoms with van der Waals surface area (Å²) in [6, 6.07) is 9.75. The van der Waals surface area contributed by atoms with Crippen LogP contribution in [0.3, 0.4) is 0 Å². The smallest absolute Gasteiger partial charge is 0.241 e. The van der Waals surface area contributed by atoms with Crippen molar-refractivity contribution in [3.8, 4) is 11.4 Å². The normalized spacial score (nSPS) is 12.6. The van der Waals surface area contributed by atoms with Gasteiger partial charge in [0.25, 0.3) is 0 Å². The van der Waals surface area contributed by atoms with E-state index < -0.39 is 6.04 Å². The molecular weight excluding hydrogens is 414 g/mol. The summed E-state index contributed by atoms with van der Waals surface area (Å²) in [5.74, 6) is 0.292. The van der Waals surface area contributed by atoms with Crippen LogP contribution in [-0.2, 0) is 11.8 Å². The second kappa shape index (κ2) is 10.1. The fraction of sp³-hybridized carbons (Fsp3) is 0.333. The first-order chi connectivity index (χ1) is 12.8. The largest absolute Gasteiger partial charge is 0.327 e. The number of aryl methyl sites for hydroxylation is 2. The number of halogens is 3. The van der Waals surface area contributed by atoms with E-state index in [4.69, 9.17) is 5.73 Å². The number of hydrogen-bond acceptors (Lipinski definition) is 3. The number of amides is 1. The van der Waals surface area contributed by atoms with Crippen molar-refractivity contribution in [2.75, 3.05) is 5.32 Å². The number of anilines is 1. The molecule has 0 saturated carbocycles. The zero-order valence-electron chi connectivity index (χ0n) is 16.9. The minimum Gasteiger partial charge on any atom is -0.327 e. The molecule has 0 saturated heterocycles. The molecule has 1 amide bonds. The molecule has 3 N–H and O–H groups in total. The van der Waals surface area contributed by atoms with Crippen molar-refractivity contribution in [1.29, 1.82) is 0 Å². The lowest BCUT2D eigenvalue weighted by atomic mass is 9.99. The Morgan fingerprint density at radius 1 is 1.24 bits per heavy atom. The third-order valence-electron chi connectivity index (χ3n) is 5.16. The van der Waals surface area contributed by atoms with Crippen LogP contribution in [0.1, 0.15) is 25.8 Å². The van der Waals surface area contributed by atoms with Crippen LogP contribution in [0, 0.1) is 18.7 Å². The minimum absolute atomic E-state index is 0. The SMILES string of the molecule is CCC(C)C(N)C(=O)Nc1cc(-c2nc3cc(F)ccc3n2C)ccc1C.Cl.Cl. The first kappa shape index (κ1) is 24.9. The Hall–Kier alpha value is -2.15. The van der Waals surface area contributed by atoms with E-state index in [-0.39, 0.29) is 42.5 Å². The van der Waals surface area contributed by atoms with Crippen molar-refractivity contribution < 1.29 is 9.18 Å². The maximum atomic E-state index is 13.5. The van der Waals surface area contributed by atoms with E-state index in [0.29, 0.717) is 17.0 Å². The predicted molar refractivity (Wildman–Crippen MR) is 121 cm³/mol. The zero-order chi connectivity index (χ0) is 19.7. The predicted octanol–water partition coefficient (Wildman–Crippen LogP) is 4.84. The Kier molecular flexibility index (Phi) is 8.63. The molecule has 0 bridgehead atoms. The number of imidazole rings is 1. The van der Waals surface area contributed by atoms with Crippen LogP contribution in [-0.4, -0.2) is 21.5 Å². The minimum atomic E-state index is -0.559. The van der Waals surface area contributed by atoms with Gasteiger partial charge in [-0.2, -0.15) is 0 Å². The standard InChI is InChI=1S/C21H25FN4O.2ClH/c1-5-12(2)19(23)21(27)25-16-10-14(7-6-13(16)3)20-24-17-11-15(22)8-9-18(17)26(20)4;;/h6-12,19H,5,23H2,1-4H3,(H,25,27);2*1H. The van der Waals surface area contributed by atoms with Crippen molar-refractivity contribution >= 4 is 47.4 Å². The van der Waals surface area contributed by atoms with Crippen molar-refractivity contribution in [3.05, 3.63) is 47.8 Å². The van der Waals surface area contributed by atoms with E-state index in [1.54, 1.807) is 6.07 Å². The summed E-state index contributed by atoms with van der Waals surface area (Å²) in [4.78, 5) is 17.0. The highest BCUT2D eigenvalue weighted by molar-refractivity contribution is 5.96. The molecule has 0 radical (unpaired) electrons. The average molecular weight is 441 g/mol. The Bertz CT molecular complexity index is 1010. The number of carbonyl (C=O) groups is 1. The van der Waals surface area contributed by atoms with Crippen LogP contribution in [0.4, 0.5) is 10.1 Å². The Balaban J connectivity index is 0.00000210. The van der Waals surface area contributed by atoms with E-state index in [1.165, 1.54) is 12.1 Å². The maximum absolute atomic E-state index is 13.5. The summed E-state index contributed by atoms with van der Waals surface area (Å²) in [6.07, 6.45) is 0.837. The van der Waals surface area contributed by atoms with Crippen LogP contribution < -0.4 is 11.1 Å². The van der Waals surface area contributed by atoms with Gasteiger partial charge >= 0.3 is 0 Å². The topological polar surface area (TPSA) is 72.9 Å². The van der Waals surface area contributed by atoms with Gasteiger partial charge in [-0.3, -0.25) is 4.79 Å². The molecule has 2 unspecified atom stereocenters. The summed E-state index contributed by atoms with van der Waals surface area (Å²) in [5, 5.41) is 2.94. The Morgan fingerprint density at radius 3 is 2.59 bits per heavy atom. The van der Waals surface area contributed by atoms with Crippen molar-refractivity contribution in [3.63, 3.8) is 0 Å². The third-order valence-corrected chi connectivity index (χ3v) is 5.16. The van der Waals surface area contributed by atoms with Crippen LogP contribution in [0.25, 0.3) is 22.4 Å². The van der Waals surface area contributed by atoms with Gasteiger partial charge in [0.1, 0.15) is 11.6 Å². The van der Waals surface area contributed by atoms with E-state index in [1.807, 2.05) is 50.6 Å². The summed E-state index contributed by atoms with van der Waals surface area (Å²) in [5.41, 5.74) is 9.96. The van der Waals surface area contributed by atoms with E-state index in [2.05, 4.69) is 10.3 Å². The fourth-order valence-corrected chi connectivity index (χ4v) is 3.06. The second-order valence-corrected chi connectivity index (χ2v) is 7.06. The highest BCUT2D eigenvalue weighted by atomic mass is 35.5. The Morgan fingerprint density at radius 2 is 1.93 bits per heavy atom. The lowest BCUT2D eigenvalue weighted by molar-refractivity contribution is -0.118. The molecule has 0 aliphatic carbocycles. The number of hydrogen-bond donors (Lipinski definition) is 2. The van der Waals surface area contributed by atoms with Gasteiger partial charge in [-0.25, -0.2) is 9.37 Å². The molecule has 1 heterocycles. The lowest BCUT2D eigenvalue weighted by Crippen LogP contribution is -2.40. The fourth-order valence-electron chi connectivity index (χ4n) is 3.06. The molecule has 3 aromatic rings. The molecule has 0 aliphatic heterocycles. The summed E-state index contributed by atoms with van der Waals surface area (Å²) in [7, 11) is 1.89. The summed E-state index contributed by atoms with van der Waals surface area (Å²) < 4.78 is 15.4. The van der Waals surface area contributed by atoms with Crippen LogP contribution in [0.2, 0.25) is 0 Å². The van der Waals surface area contributed by atoms with Crippen molar-refractivity contribution in [1.82, 2.24) is 9.55 Å². The van der Waals surface area contributed by atoms with Crippen molar-refractivity contribution in [2.24, 2.45) is 18.7 Å². The zero-order valence-corrected chi connectivity index (χ0v) is 18.5. The molecule has 29 heavy (non-hydrogen) atoms. The van der Waals surface area contributed by atoms with Crippen molar-refractivity contribution in [2.45, 2.75) is 33.2 Å². The highest BCUT2D eigenvalue weighted by Crippen LogP contribution is 2.28. The van der Waals surface area contributed by atoms with Gasteiger partial charge in [-0.05, 0) is 36.6 Å². The first-order valence-corrected chi connectivity index (χ1v) is 9.11. The monoisotopic (exact) mass is 440 g/mol. The van der Waals surface area contributed by atoms with Gasteiger partial charge in [-0.1, -0.05) is 32.4 Å². The molecule has 2 aromatic carbocycles. The number of carbonyl (C=O) groups excluding carboxylic acids is 1. The van der Waals surface area contributed by atoms with Gasteiger partial charge < -0.3 is 15.6 Å². The number of benzene rings is 2. The van der Waals surface area contributed by atoms with Crippen LogP contribution >= 0.6 is 24.8 Å². The number of fused-ring (bicyclic) bond motifs is 1. The Labute approximate surface area is 182 Å². The molecule has 0 spiro atoms. The summed E-state index contributed by atoms with van der Waals surface area (Å²) in [6.45, 7) is 5.91. The number of nitrogens with two attached hydrogens (primary N) is 1. The quantitative estimate of drug-likeness (QED) is 0.595. The van der Waals surface area contributed by atoms with Gasteiger partial charge in [0.15, 0.2) is 0 Å². The average Bonchev–Trinajstić information content (AvgIpc) is 2.97. The maximum Gasteiger partial charge on any atom is 0.241 e. The molecule has 5 nitrogen and oxygen atoms in total. The molecular formula is C21H27Cl2FN4O. The van der Waals surface area contributed by atoms with Crippen LogP contribution in [0.15, 0.2) is 36.4 Å². The van der Waals surface area contributed by atoms with Gasteiger partial charge in [0, 0.05) is 24.4 Å². The number of aromatic nitrogens is 2. The molecule has 8 heteroatoms. The molecule has 0 fully saturated rings. The van der Waals surface area contributed by atoms with Crippen LogP contribution in [0.5, 0.6) is 0 Å². The number of nitrogens with one attached hydrogen (secondary N) is 1. The van der Waals surface area contributed by atoms with E-state index in [9.17, 15) is 9.18 Å². The molecule has 1 aromatic heterocycles. The first-order valence-electron chi connectivity index (χ1n) is 9.11. The lowest BCUT2D eigenvalue weighted by Gasteiger charge is -2.19. The van der Waals surface area contributed by atoms with E-state index >= 15 is 0 Å².